The Balaban J connectivity index is 1.77. The summed E-state index contributed by atoms with van der Waals surface area (Å²) in [4.78, 5) is 28.0. The van der Waals surface area contributed by atoms with Crippen molar-refractivity contribution in [2.45, 2.75) is 6.10 Å². The highest BCUT2D eigenvalue weighted by molar-refractivity contribution is 5.92. The Kier molecular flexibility index (Phi) is 3.83. The second-order valence-corrected chi connectivity index (χ2v) is 4.95. The molecule has 1 N–H and O–H groups in total. The lowest BCUT2D eigenvalue weighted by Gasteiger charge is -2.33. The van der Waals surface area contributed by atoms with Gasteiger partial charge in [-0.15, -0.1) is 0 Å². The van der Waals surface area contributed by atoms with Crippen LogP contribution in [0.15, 0.2) is 53.3 Å². The van der Waals surface area contributed by atoms with Crippen molar-refractivity contribution in [2.24, 2.45) is 0 Å². The van der Waals surface area contributed by atoms with Crippen LogP contribution in [0, 0.1) is 0 Å². The maximum absolute atomic E-state index is 12.4. The van der Waals surface area contributed by atoms with Crippen LogP contribution >= 0.6 is 0 Å². The molecule has 5 heteroatoms. The number of aromatic amines is 1. The molecule has 0 radical (unpaired) electrons. The molecule has 0 bridgehead atoms. The zero-order valence-corrected chi connectivity index (χ0v) is 11.5. The summed E-state index contributed by atoms with van der Waals surface area (Å²) in [5, 5.41) is 0. The van der Waals surface area contributed by atoms with Crippen LogP contribution in [0.4, 0.5) is 0 Å². The largest absolute Gasteiger partial charge is 0.370 e. The molecule has 2 aromatic rings. The summed E-state index contributed by atoms with van der Waals surface area (Å²) in [7, 11) is 0. The summed E-state index contributed by atoms with van der Waals surface area (Å²) in [5.74, 6) is -0.170. The molecule has 0 spiro atoms. The molecule has 0 saturated carbocycles. The molecule has 1 atom stereocenters. The third-order valence-electron chi connectivity index (χ3n) is 3.52. The van der Waals surface area contributed by atoms with E-state index in [1.807, 2.05) is 30.3 Å². The normalized spacial score (nSPS) is 18.5. The van der Waals surface area contributed by atoms with Gasteiger partial charge in [0.05, 0.1) is 13.2 Å². The van der Waals surface area contributed by atoms with Crippen LogP contribution in [-0.4, -0.2) is 35.5 Å². The van der Waals surface area contributed by atoms with Crippen molar-refractivity contribution in [1.82, 2.24) is 9.88 Å². The SMILES string of the molecule is O=C(c1cccc(=O)[nH]1)N1CCOC(c2ccccc2)C1. The summed E-state index contributed by atoms with van der Waals surface area (Å²) < 4.78 is 5.74. The quantitative estimate of drug-likeness (QED) is 0.911. The highest BCUT2D eigenvalue weighted by Crippen LogP contribution is 2.22. The predicted molar refractivity (Wildman–Crippen MR) is 78.1 cm³/mol. The van der Waals surface area contributed by atoms with Gasteiger partial charge in [0.15, 0.2) is 0 Å². The molecule has 21 heavy (non-hydrogen) atoms. The molecule has 108 valence electrons. The topological polar surface area (TPSA) is 62.4 Å². The van der Waals surface area contributed by atoms with Gasteiger partial charge in [-0.2, -0.15) is 0 Å². The Morgan fingerprint density at radius 1 is 1.14 bits per heavy atom. The van der Waals surface area contributed by atoms with Crippen molar-refractivity contribution in [1.29, 1.82) is 0 Å². The number of pyridine rings is 1. The summed E-state index contributed by atoms with van der Waals surface area (Å²) in [6, 6.07) is 14.4. The molecular formula is C16H16N2O3. The van der Waals surface area contributed by atoms with Gasteiger partial charge in [-0.25, -0.2) is 0 Å². The van der Waals surface area contributed by atoms with E-state index in [-0.39, 0.29) is 17.6 Å². The monoisotopic (exact) mass is 284 g/mol. The molecule has 1 fully saturated rings. The average Bonchev–Trinajstić information content (AvgIpc) is 2.55. The number of carbonyl (C=O) groups is 1. The van der Waals surface area contributed by atoms with Gasteiger partial charge in [0.1, 0.15) is 11.8 Å². The van der Waals surface area contributed by atoms with Crippen molar-refractivity contribution >= 4 is 5.91 Å². The number of amides is 1. The molecule has 0 aliphatic carbocycles. The first-order valence-electron chi connectivity index (χ1n) is 6.89. The van der Waals surface area contributed by atoms with E-state index in [4.69, 9.17) is 4.74 Å². The number of hydrogen-bond donors (Lipinski definition) is 1. The van der Waals surface area contributed by atoms with Crippen LogP contribution in [0.2, 0.25) is 0 Å². The zero-order chi connectivity index (χ0) is 14.7. The number of aromatic nitrogens is 1. The number of benzene rings is 1. The fraction of sp³-hybridized carbons (Fsp3) is 0.250. The molecule has 2 heterocycles. The van der Waals surface area contributed by atoms with Gasteiger partial charge in [0.2, 0.25) is 5.56 Å². The molecule has 1 aliphatic rings. The highest BCUT2D eigenvalue weighted by atomic mass is 16.5. The predicted octanol–water partition coefficient (Wildman–Crippen LogP) is 1.59. The molecule has 1 aliphatic heterocycles. The third kappa shape index (κ3) is 3.03. The fourth-order valence-electron chi connectivity index (χ4n) is 2.45. The van der Waals surface area contributed by atoms with Crippen LogP contribution < -0.4 is 5.56 Å². The Morgan fingerprint density at radius 3 is 2.71 bits per heavy atom. The molecule has 1 aromatic heterocycles. The summed E-state index contributed by atoms with van der Waals surface area (Å²) in [6.07, 6.45) is -0.126. The van der Waals surface area contributed by atoms with Crippen molar-refractivity contribution < 1.29 is 9.53 Å². The second kappa shape index (κ2) is 5.93. The van der Waals surface area contributed by atoms with E-state index in [1.165, 1.54) is 6.07 Å². The Hall–Kier alpha value is -2.40. The number of rotatable bonds is 2. The lowest BCUT2D eigenvalue weighted by Crippen LogP contribution is -2.42. The van der Waals surface area contributed by atoms with E-state index in [9.17, 15) is 9.59 Å². The Bertz CT molecular complexity index is 681. The van der Waals surface area contributed by atoms with Gasteiger partial charge in [-0.3, -0.25) is 9.59 Å². The van der Waals surface area contributed by atoms with Crippen LogP contribution in [0.5, 0.6) is 0 Å². The molecule has 1 saturated heterocycles. The Labute approximate surface area is 122 Å². The number of ether oxygens (including phenoxy) is 1. The van der Waals surface area contributed by atoms with Crippen LogP contribution in [-0.2, 0) is 4.74 Å². The first-order valence-corrected chi connectivity index (χ1v) is 6.89. The van der Waals surface area contributed by atoms with Crippen molar-refractivity contribution in [3.63, 3.8) is 0 Å². The molecular weight excluding hydrogens is 268 g/mol. The Morgan fingerprint density at radius 2 is 1.95 bits per heavy atom. The molecule has 1 unspecified atom stereocenters. The summed E-state index contributed by atoms with van der Waals surface area (Å²) in [5.41, 5.74) is 1.10. The number of morpholine rings is 1. The van der Waals surface area contributed by atoms with Crippen molar-refractivity contribution in [3.8, 4) is 0 Å². The van der Waals surface area contributed by atoms with Gasteiger partial charge in [-0.05, 0) is 11.6 Å². The lowest BCUT2D eigenvalue weighted by molar-refractivity contribution is -0.0230. The van der Waals surface area contributed by atoms with E-state index in [0.29, 0.717) is 25.4 Å². The van der Waals surface area contributed by atoms with Crippen molar-refractivity contribution in [2.75, 3.05) is 19.7 Å². The summed E-state index contributed by atoms with van der Waals surface area (Å²) in [6.45, 7) is 1.50. The smallest absolute Gasteiger partial charge is 0.270 e. The lowest BCUT2D eigenvalue weighted by atomic mass is 10.1. The van der Waals surface area contributed by atoms with E-state index in [1.54, 1.807) is 17.0 Å². The first-order chi connectivity index (χ1) is 10.2. The highest BCUT2D eigenvalue weighted by Gasteiger charge is 2.26. The number of nitrogens with one attached hydrogen (secondary N) is 1. The molecule has 1 aromatic carbocycles. The summed E-state index contributed by atoms with van der Waals surface area (Å²) >= 11 is 0. The van der Waals surface area contributed by atoms with Crippen LogP contribution in [0.3, 0.4) is 0 Å². The second-order valence-electron chi connectivity index (χ2n) is 4.95. The van der Waals surface area contributed by atoms with E-state index >= 15 is 0 Å². The van der Waals surface area contributed by atoms with Gasteiger partial charge < -0.3 is 14.6 Å². The minimum Gasteiger partial charge on any atom is -0.370 e. The zero-order valence-electron chi connectivity index (χ0n) is 11.5. The standard InChI is InChI=1S/C16H16N2O3/c19-15-8-4-7-13(17-15)16(20)18-9-10-21-14(11-18)12-5-2-1-3-6-12/h1-8,14H,9-11H2,(H,17,19). The van der Waals surface area contributed by atoms with Crippen LogP contribution in [0.1, 0.15) is 22.2 Å². The number of H-pyrrole nitrogens is 1. The maximum Gasteiger partial charge on any atom is 0.270 e. The van der Waals surface area contributed by atoms with E-state index in [2.05, 4.69) is 4.98 Å². The molecule has 5 nitrogen and oxygen atoms in total. The average molecular weight is 284 g/mol. The van der Waals surface area contributed by atoms with Gasteiger partial charge >= 0.3 is 0 Å². The first kappa shape index (κ1) is 13.6. The van der Waals surface area contributed by atoms with E-state index < -0.39 is 0 Å². The van der Waals surface area contributed by atoms with E-state index in [0.717, 1.165) is 5.56 Å². The molecule has 1 amide bonds. The van der Waals surface area contributed by atoms with Crippen LogP contribution in [0.25, 0.3) is 0 Å². The van der Waals surface area contributed by atoms with Gasteiger partial charge in [0, 0.05) is 12.6 Å². The fourth-order valence-corrected chi connectivity index (χ4v) is 2.45. The number of hydrogen-bond acceptors (Lipinski definition) is 3. The maximum atomic E-state index is 12.4. The third-order valence-corrected chi connectivity index (χ3v) is 3.52. The minimum atomic E-state index is -0.270. The van der Waals surface area contributed by atoms with Gasteiger partial charge in [0.25, 0.3) is 5.91 Å². The van der Waals surface area contributed by atoms with Gasteiger partial charge in [-0.1, -0.05) is 36.4 Å². The number of carbonyl (C=O) groups excluding carboxylic acids is 1. The van der Waals surface area contributed by atoms with Crippen molar-refractivity contribution in [3.05, 3.63) is 70.1 Å². The number of nitrogens with zero attached hydrogens (tertiary/aromatic N) is 1. The molecule has 3 rings (SSSR count). The minimum absolute atomic E-state index is 0.126.